The second-order valence-corrected chi connectivity index (χ2v) is 7.55. The predicted molar refractivity (Wildman–Crippen MR) is 102 cm³/mol. The average Bonchev–Trinajstić information content (AvgIpc) is 3.09. The molecule has 3 heterocycles. The first-order valence-corrected chi connectivity index (χ1v) is 9.84. The van der Waals surface area contributed by atoms with Crippen LogP contribution in [0, 0.1) is 11.7 Å². The molecule has 2 aliphatic heterocycles. The number of halogens is 1. The summed E-state index contributed by atoms with van der Waals surface area (Å²) in [7, 11) is 1.72. The Hall–Kier alpha value is -2.25. The fraction of sp³-hybridized carbons (Fsp3) is 0.524. The van der Waals surface area contributed by atoms with Crippen molar-refractivity contribution in [2.24, 2.45) is 5.92 Å². The van der Waals surface area contributed by atoms with Gasteiger partial charge in [-0.15, -0.1) is 0 Å². The van der Waals surface area contributed by atoms with E-state index >= 15 is 0 Å². The minimum Gasteiger partial charge on any atom is -0.384 e. The van der Waals surface area contributed by atoms with Crippen LogP contribution in [0.15, 0.2) is 24.3 Å². The van der Waals surface area contributed by atoms with E-state index in [1.54, 1.807) is 19.2 Å². The molecule has 1 saturated heterocycles. The van der Waals surface area contributed by atoms with Gasteiger partial charge in [0.1, 0.15) is 5.82 Å². The van der Waals surface area contributed by atoms with Crippen molar-refractivity contribution in [3.63, 3.8) is 0 Å². The van der Waals surface area contributed by atoms with Crippen LogP contribution in [0.2, 0.25) is 0 Å². The summed E-state index contributed by atoms with van der Waals surface area (Å²) >= 11 is 0. The van der Waals surface area contributed by atoms with Gasteiger partial charge in [0.05, 0.1) is 19.8 Å². The molecule has 0 N–H and O–H groups in total. The lowest BCUT2D eigenvalue weighted by molar-refractivity contribution is 0.0599. The van der Waals surface area contributed by atoms with Crippen molar-refractivity contribution in [1.82, 2.24) is 14.7 Å². The molecular formula is C21H26FN3O3. The number of rotatable bonds is 5. The number of piperidine rings is 1. The van der Waals surface area contributed by atoms with Gasteiger partial charge < -0.3 is 14.4 Å². The second kappa shape index (κ2) is 8.41. The van der Waals surface area contributed by atoms with E-state index in [1.165, 1.54) is 12.1 Å². The van der Waals surface area contributed by atoms with Crippen molar-refractivity contribution in [1.29, 1.82) is 0 Å². The normalized spacial score (nSPS) is 17.6. The van der Waals surface area contributed by atoms with Crippen LogP contribution >= 0.6 is 0 Å². The molecule has 150 valence electrons. The fourth-order valence-corrected chi connectivity index (χ4v) is 4.06. The molecule has 0 bridgehead atoms. The minimum absolute atomic E-state index is 0.0181. The molecule has 0 saturated carbocycles. The summed E-state index contributed by atoms with van der Waals surface area (Å²) in [6.07, 6.45) is 2.63. The Bertz CT molecular complexity index is 826. The van der Waals surface area contributed by atoms with E-state index in [9.17, 15) is 9.18 Å². The van der Waals surface area contributed by atoms with Gasteiger partial charge >= 0.3 is 0 Å². The summed E-state index contributed by atoms with van der Waals surface area (Å²) in [4.78, 5) is 15.1. The molecular weight excluding hydrogens is 361 g/mol. The zero-order valence-electron chi connectivity index (χ0n) is 16.2. The molecule has 2 aliphatic rings. The standard InChI is InChI=1S/C21H26FN3O3/c1-27-13-16-6-9-24(10-7-16)21(26)20-18-14-28-11-8-19(18)25(23-20)12-15-2-4-17(22)5-3-15/h2-5,16H,6-14H2,1H3. The monoisotopic (exact) mass is 387 g/mol. The van der Waals surface area contributed by atoms with Crippen molar-refractivity contribution in [3.05, 3.63) is 52.6 Å². The molecule has 28 heavy (non-hydrogen) atoms. The van der Waals surface area contributed by atoms with E-state index in [0.29, 0.717) is 31.4 Å². The minimum atomic E-state index is -0.257. The average molecular weight is 387 g/mol. The fourth-order valence-electron chi connectivity index (χ4n) is 4.06. The van der Waals surface area contributed by atoms with E-state index in [0.717, 1.165) is 55.8 Å². The highest BCUT2D eigenvalue weighted by Gasteiger charge is 2.30. The summed E-state index contributed by atoms with van der Waals surface area (Å²) in [6.45, 7) is 3.77. The molecule has 0 aliphatic carbocycles. The highest BCUT2D eigenvalue weighted by molar-refractivity contribution is 5.94. The zero-order valence-corrected chi connectivity index (χ0v) is 16.2. The van der Waals surface area contributed by atoms with Crippen molar-refractivity contribution in [2.75, 3.05) is 33.4 Å². The molecule has 0 spiro atoms. The number of amides is 1. The smallest absolute Gasteiger partial charge is 0.274 e. The van der Waals surface area contributed by atoms with Crippen molar-refractivity contribution < 1.29 is 18.7 Å². The first kappa shape index (κ1) is 19.1. The number of aromatic nitrogens is 2. The van der Waals surface area contributed by atoms with E-state index in [-0.39, 0.29) is 11.7 Å². The second-order valence-electron chi connectivity index (χ2n) is 7.55. The molecule has 1 aromatic carbocycles. The zero-order chi connectivity index (χ0) is 19.5. The lowest BCUT2D eigenvalue weighted by Gasteiger charge is -2.31. The number of carbonyl (C=O) groups excluding carboxylic acids is 1. The number of methoxy groups -OCH3 is 1. The Morgan fingerprint density at radius 3 is 2.75 bits per heavy atom. The Morgan fingerprint density at radius 1 is 1.29 bits per heavy atom. The molecule has 1 aromatic heterocycles. The predicted octanol–water partition coefficient (Wildman–Crippen LogP) is 2.64. The highest BCUT2D eigenvalue weighted by Crippen LogP contribution is 2.25. The Morgan fingerprint density at radius 2 is 2.04 bits per heavy atom. The summed E-state index contributed by atoms with van der Waals surface area (Å²) < 4.78 is 25.9. The van der Waals surface area contributed by atoms with Crippen LogP contribution in [0.25, 0.3) is 0 Å². The maximum Gasteiger partial charge on any atom is 0.274 e. The highest BCUT2D eigenvalue weighted by atomic mass is 19.1. The van der Waals surface area contributed by atoms with Crippen LogP contribution in [-0.2, 0) is 29.0 Å². The van der Waals surface area contributed by atoms with Gasteiger partial charge in [0, 0.05) is 44.5 Å². The number of ether oxygens (including phenoxy) is 2. The molecule has 6 nitrogen and oxygen atoms in total. The van der Waals surface area contributed by atoms with Crippen molar-refractivity contribution in [2.45, 2.75) is 32.4 Å². The molecule has 0 unspecified atom stereocenters. The number of hydrogen-bond donors (Lipinski definition) is 0. The number of hydrogen-bond acceptors (Lipinski definition) is 4. The summed E-state index contributed by atoms with van der Waals surface area (Å²) in [5.41, 5.74) is 3.41. The third-order valence-corrected chi connectivity index (χ3v) is 5.65. The molecule has 2 aromatic rings. The van der Waals surface area contributed by atoms with Gasteiger partial charge in [-0.1, -0.05) is 12.1 Å². The van der Waals surface area contributed by atoms with Crippen LogP contribution in [0.1, 0.15) is 40.2 Å². The van der Waals surface area contributed by atoms with Gasteiger partial charge in [0.25, 0.3) is 5.91 Å². The lowest BCUT2D eigenvalue weighted by atomic mass is 9.97. The topological polar surface area (TPSA) is 56.6 Å². The maximum absolute atomic E-state index is 13.2. The molecule has 0 radical (unpaired) electrons. The SMILES string of the molecule is COCC1CCN(C(=O)c2nn(Cc3ccc(F)cc3)c3c2COCC3)CC1. The van der Waals surface area contributed by atoms with Crippen LogP contribution in [0.3, 0.4) is 0 Å². The molecule has 0 atom stereocenters. The van der Waals surface area contributed by atoms with Crippen molar-refractivity contribution in [3.8, 4) is 0 Å². The number of benzene rings is 1. The largest absolute Gasteiger partial charge is 0.384 e. The number of nitrogens with zero attached hydrogens (tertiary/aromatic N) is 3. The van der Waals surface area contributed by atoms with E-state index in [4.69, 9.17) is 9.47 Å². The lowest BCUT2D eigenvalue weighted by Crippen LogP contribution is -2.40. The molecule has 1 fully saturated rings. The third-order valence-electron chi connectivity index (χ3n) is 5.65. The van der Waals surface area contributed by atoms with Gasteiger partial charge in [-0.2, -0.15) is 5.10 Å². The number of likely N-dealkylation sites (tertiary alicyclic amines) is 1. The molecule has 7 heteroatoms. The Balaban J connectivity index is 1.54. The maximum atomic E-state index is 13.2. The van der Waals surface area contributed by atoms with Gasteiger partial charge in [-0.05, 0) is 36.5 Å². The van der Waals surface area contributed by atoms with Crippen LogP contribution < -0.4 is 0 Å². The summed E-state index contributed by atoms with van der Waals surface area (Å²) in [5.74, 6) is 0.241. The van der Waals surface area contributed by atoms with E-state index < -0.39 is 0 Å². The van der Waals surface area contributed by atoms with Gasteiger partial charge in [0.15, 0.2) is 5.69 Å². The Kier molecular flexibility index (Phi) is 5.73. The Labute approximate surface area is 164 Å². The first-order chi connectivity index (χ1) is 13.7. The van der Waals surface area contributed by atoms with E-state index in [1.807, 2.05) is 9.58 Å². The van der Waals surface area contributed by atoms with E-state index in [2.05, 4.69) is 5.10 Å². The molecule has 1 amide bonds. The van der Waals surface area contributed by atoms with Crippen molar-refractivity contribution >= 4 is 5.91 Å². The van der Waals surface area contributed by atoms with Crippen LogP contribution in [0.4, 0.5) is 4.39 Å². The van der Waals surface area contributed by atoms with Gasteiger partial charge in [-0.3, -0.25) is 9.48 Å². The summed E-state index contributed by atoms with van der Waals surface area (Å²) in [6, 6.07) is 6.41. The number of carbonyl (C=O) groups is 1. The quantitative estimate of drug-likeness (QED) is 0.792. The number of fused-ring (bicyclic) bond motifs is 1. The van der Waals surface area contributed by atoms with Gasteiger partial charge in [0.2, 0.25) is 0 Å². The third kappa shape index (κ3) is 3.95. The first-order valence-electron chi connectivity index (χ1n) is 9.84. The summed E-state index contributed by atoms with van der Waals surface area (Å²) in [5, 5.41) is 4.67. The van der Waals surface area contributed by atoms with Gasteiger partial charge in [-0.25, -0.2) is 4.39 Å². The molecule has 4 rings (SSSR count). The van der Waals surface area contributed by atoms with Crippen LogP contribution in [-0.4, -0.2) is 54.0 Å². The van der Waals surface area contributed by atoms with Crippen LogP contribution in [0.5, 0.6) is 0 Å².